The number of amides is 1. The van der Waals surface area contributed by atoms with Crippen LogP contribution in [0.1, 0.15) is 56.5 Å². The second kappa shape index (κ2) is 12.8. The van der Waals surface area contributed by atoms with E-state index < -0.39 is 11.6 Å². The first-order valence-corrected chi connectivity index (χ1v) is 14.6. The van der Waals surface area contributed by atoms with E-state index in [-0.39, 0.29) is 24.8 Å². The summed E-state index contributed by atoms with van der Waals surface area (Å²) in [6.45, 7) is 10.4. The van der Waals surface area contributed by atoms with Crippen LogP contribution >= 0.6 is 0 Å². The molecule has 1 N–H and O–H groups in total. The van der Waals surface area contributed by atoms with Crippen molar-refractivity contribution in [1.82, 2.24) is 14.8 Å². The van der Waals surface area contributed by atoms with Crippen LogP contribution in [0.15, 0.2) is 66.7 Å². The van der Waals surface area contributed by atoms with Crippen LogP contribution in [0.25, 0.3) is 0 Å². The van der Waals surface area contributed by atoms with Crippen molar-refractivity contribution < 1.29 is 23.8 Å². The van der Waals surface area contributed by atoms with Crippen molar-refractivity contribution in [3.63, 3.8) is 0 Å². The molecule has 9 nitrogen and oxygen atoms in total. The van der Waals surface area contributed by atoms with Gasteiger partial charge in [-0.05, 0) is 82.0 Å². The van der Waals surface area contributed by atoms with E-state index in [1.165, 1.54) is 5.56 Å². The van der Waals surface area contributed by atoms with Crippen molar-refractivity contribution in [3.05, 3.63) is 83.6 Å². The molecule has 2 aliphatic heterocycles. The molecule has 5 rings (SSSR count). The largest absolute Gasteiger partial charge is 0.482 e. The minimum Gasteiger partial charge on any atom is -0.482 e. The Labute approximate surface area is 247 Å². The Hall–Kier alpha value is -4.11. The Morgan fingerprint density at radius 2 is 1.74 bits per heavy atom. The van der Waals surface area contributed by atoms with Gasteiger partial charge in [-0.1, -0.05) is 36.4 Å². The summed E-state index contributed by atoms with van der Waals surface area (Å²) < 4.78 is 16.3. The fourth-order valence-corrected chi connectivity index (χ4v) is 5.49. The molecule has 9 heteroatoms. The van der Waals surface area contributed by atoms with Gasteiger partial charge in [0.05, 0.1) is 6.04 Å². The molecule has 0 bridgehead atoms. The number of pyridine rings is 1. The van der Waals surface area contributed by atoms with Gasteiger partial charge in [0.1, 0.15) is 23.8 Å². The first-order chi connectivity index (χ1) is 20.1. The molecule has 42 heavy (non-hydrogen) atoms. The summed E-state index contributed by atoms with van der Waals surface area (Å²) in [4.78, 5) is 33.7. The Bertz CT molecular complexity index is 1370. The standard InChI is InChI=1S/C33H40N4O5/c1-23-25(10-15-30(34-23)35-26-11-13-28(14-12-26)40-22-31(38)42-33(2,3)4)20-36-18-16-27(17-19-36)37-29(21-41-32(37)39)24-8-6-5-7-9-24/h5-15,27,29H,16-22H2,1-4H3,(H,34,35). The van der Waals surface area contributed by atoms with E-state index >= 15 is 0 Å². The van der Waals surface area contributed by atoms with Crippen molar-refractivity contribution >= 4 is 23.6 Å². The highest BCUT2D eigenvalue weighted by molar-refractivity contribution is 5.72. The minimum atomic E-state index is -0.538. The lowest BCUT2D eigenvalue weighted by Gasteiger charge is -2.38. The summed E-state index contributed by atoms with van der Waals surface area (Å²) in [5.41, 5.74) is 3.63. The van der Waals surface area contributed by atoms with Crippen molar-refractivity contribution in [1.29, 1.82) is 0 Å². The molecule has 0 aliphatic carbocycles. The number of rotatable bonds is 9. The van der Waals surface area contributed by atoms with Gasteiger partial charge in [-0.15, -0.1) is 0 Å². The molecular weight excluding hydrogens is 532 g/mol. The molecule has 0 radical (unpaired) electrons. The zero-order valence-electron chi connectivity index (χ0n) is 24.8. The molecule has 2 aromatic carbocycles. The van der Waals surface area contributed by atoms with Crippen LogP contribution < -0.4 is 10.1 Å². The van der Waals surface area contributed by atoms with Gasteiger partial charge >= 0.3 is 12.1 Å². The molecule has 2 saturated heterocycles. The van der Waals surface area contributed by atoms with Crippen molar-refractivity contribution in [2.45, 2.75) is 64.8 Å². The van der Waals surface area contributed by atoms with E-state index in [1.54, 1.807) is 12.1 Å². The molecule has 2 fully saturated rings. The highest BCUT2D eigenvalue weighted by Crippen LogP contribution is 2.33. The van der Waals surface area contributed by atoms with Crippen LogP contribution in [0.3, 0.4) is 0 Å². The van der Waals surface area contributed by atoms with Gasteiger partial charge < -0.3 is 19.5 Å². The lowest BCUT2D eigenvalue weighted by molar-refractivity contribution is -0.157. The number of nitrogens with one attached hydrogen (secondary N) is 1. The van der Waals surface area contributed by atoms with E-state index in [0.717, 1.165) is 55.2 Å². The SMILES string of the molecule is Cc1nc(Nc2ccc(OCC(=O)OC(C)(C)C)cc2)ccc1CN1CCC(N2C(=O)OCC2c2ccccc2)CC1. The molecule has 1 aromatic heterocycles. The van der Waals surface area contributed by atoms with E-state index in [9.17, 15) is 9.59 Å². The van der Waals surface area contributed by atoms with Crippen molar-refractivity contribution in [2.24, 2.45) is 0 Å². The number of nitrogens with zero attached hydrogens (tertiary/aromatic N) is 3. The highest BCUT2D eigenvalue weighted by Gasteiger charge is 2.40. The molecule has 1 unspecified atom stereocenters. The Kier molecular flexibility index (Phi) is 8.97. The first kappa shape index (κ1) is 29.4. The molecule has 0 saturated carbocycles. The van der Waals surface area contributed by atoms with Crippen LogP contribution in [0, 0.1) is 6.92 Å². The normalized spacial score (nSPS) is 18.0. The molecule has 222 valence electrons. The van der Waals surface area contributed by atoms with E-state index in [1.807, 2.05) is 69.0 Å². The fraction of sp³-hybridized carbons (Fsp3) is 0.424. The maximum absolute atomic E-state index is 12.6. The fourth-order valence-electron chi connectivity index (χ4n) is 5.49. The number of hydrogen-bond donors (Lipinski definition) is 1. The molecule has 1 amide bonds. The number of anilines is 2. The van der Waals surface area contributed by atoms with Gasteiger partial charge in [-0.25, -0.2) is 14.6 Å². The van der Waals surface area contributed by atoms with Gasteiger partial charge in [-0.2, -0.15) is 0 Å². The number of carbonyl (C=O) groups excluding carboxylic acids is 2. The van der Waals surface area contributed by atoms with Crippen molar-refractivity contribution in [2.75, 3.05) is 31.6 Å². The van der Waals surface area contributed by atoms with E-state index in [4.69, 9.17) is 19.2 Å². The predicted molar refractivity (Wildman–Crippen MR) is 161 cm³/mol. The Morgan fingerprint density at radius 3 is 2.40 bits per heavy atom. The van der Waals surface area contributed by atoms with Crippen LogP contribution in [-0.4, -0.2) is 64.8 Å². The number of ether oxygens (including phenoxy) is 3. The molecule has 2 aliphatic rings. The number of cyclic esters (lactones) is 1. The number of carbonyl (C=O) groups is 2. The third kappa shape index (κ3) is 7.59. The number of likely N-dealkylation sites (tertiary alicyclic amines) is 1. The average molecular weight is 573 g/mol. The predicted octanol–water partition coefficient (Wildman–Crippen LogP) is 6.01. The smallest absolute Gasteiger partial charge is 0.410 e. The third-order valence-corrected chi connectivity index (χ3v) is 7.54. The van der Waals surface area contributed by atoms with Crippen LogP contribution in [0.5, 0.6) is 5.75 Å². The number of benzene rings is 2. The molecular formula is C33H40N4O5. The van der Waals surface area contributed by atoms with E-state index in [2.05, 4.69) is 28.4 Å². The Morgan fingerprint density at radius 1 is 1.02 bits per heavy atom. The van der Waals surface area contributed by atoms with Gasteiger partial charge in [-0.3, -0.25) is 9.80 Å². The van der Waals surface area contributed by atoms with E-state index in [0.29, 0.717) is 12.4 Å². The molecule has 1 atom stereocenters. The van der Waals surface area contributed by atoms with Gasteiger partial charge in [0, 0.05) is 37.1 Å². The van der Waals surface area contributed by atoms with Crippen molar-refractivity contribution in [3.8, 4) is 5.75 Å². The number of piperidine rings is 1. The number of hydrogen-bond acceptors (Lipinski definition) is 8. The summed E-state index contributed by atoms with van der Waals surface area (Å²) in [5.74, 6) is 0.950. The molecule has 0 spiro atoms. The topological polar surface area (TPSA) is 93.2 Å². The number of esters is 1. The first-order valence-electron chi connectivity index (χ1n) is 14.6. The van der Waals surface area contributed by atoms with Gasteiger partial charge in [0.2, 0.25) is 0 Å². The summed E-state index contributed by atoms with van der Waals surface area (Å²) in [6.07, 6.45) is 1.64. The average Bonchev–Trinajstić information content (AvgIpc) is 3.35. The van der Waals surface area contributed by atoms with Crippen LogP contribution in [0.4, 0.5) is 16.3 Å². The second-order valence-corrected chi connectivity index (χ2v) is 11.9. The zero-order chi connectivity index (χ0) is 29.7. The maximum atomic E-state index is 12.6. The number of aromatic nitrogens is 1. The zero-order valence-corrected chi connectivity index (χ0v) is 24.8. The van der Waals surface area contributed by atoms with Crippen LogP contribution in [-0.2, 0) is 20.8 Å². The number of aryl methyl sites for hydroxylation is 1. The molecule has 3 heterocycles. The van der Waals surface area contributed by atoms with Crippen LogP contribution in [0.2, 0.25) is 0 Å². The lowest BCUT2D eigenvalue weighted by atomic mass is 9.98. The Balaban J connectivity index is 1.11. The second-order valence-electron chi connectivity index (χ2n) is 11.9. The summed E-state index contributed by atoms with van der Waals surface area (Å²) in [6, 6.07) is 21.8. The summed E-state index contributed by atoms with van der Waals surface area (Å²) >= 11 is 0. The summed E-state index contributed by atoms with van der Waals surface area (Å²) in [5, 5.41) is 3.34. The quantitative estimate of drug-likeness (QED) is 0.312. The maximum Gasteiger partial charge on any atom is 0.410 e. The van der Waals surface area contributed by atoms with Gasteiger partial charge in [0.15, 0.2) is 6.61 Å². The van der Waals surface area contributed by atoms with Gasteiger partial charge in [0.25, 0.3) is 0 Å². The monoisotopic (exact) mass is 572 g/mol. The summed E-state index contributed by atoms with van der Waals surface area (Å²) in [7, 11) is 0. The minimum absolute atomic E-state index is 0.0114. The molecule has 3 aromatic rings. The highest BCUT2D eigenvalue weighted by atomic mass is 16.6. The lowest BCUT2D eigenvalue weighted by Crippen LogP contribution is -2.46. The third-order valence-electron chi connectivity index (χ3n) is 7.54.